The summed E-state index contributed by atoms with van der Waals surface area (Å²) in [7, 11) is 0. The van der Waals surface area contributed by atoms with Crippen LogP contribution >= 0.6 is 12.2 Å². The van der Waals surface area contributed by atoms with Crippen molar-refractivity contribution in [2.75, 3.05) is 18.0 Å². The van der Waals surface area contributed by atoms with Gasteiger partial charge in [-0.05, 0) is 37.9 Å². The SMILES string of the molecule is CCCCN(CCCC)c1n[nH]c(=S)n1C1CCCC1. The van der Waals surface area contributed by atoms with Crippen molar-refractivity contribution in [2.45, 2.75) is 71.3 Å². The van der Waals surface area contributed by atoms with E-state index in [1.54, 1.807) is 0 Å². The van der Waals surface area contributed by atoms with E-state index in [0.29, 0.717) is 6.04 Å². The minimum Gasteiger partial charge on any atom is -0.341 e. The molecule has 0 amide bonds. The van der Waals surface area contributed by atoms with Crippen LogP contribution in [0, 0.1) is 4.77 Å². The van der Waals surface area contributed by atoms with Crippen LogP contribution in [0.3, 0.4) is 0 Å². The molecule has 114 valence electrons. The zero-order valence-electron chi connectivity index (χ0n) is 12.9. The molecule has 1 fully saturated rings. The van der Waals surface area contributed by atoms with E-state index in [1.165, 1.54) is 51.4 Å². The molecule has 1 aliphatic rings. The van der Waals surface area contributed by atoms with Crippen molar-refractivity contribution in [1.29, 1.82) is 0 Å². The lowest BCUT2D eigenvalue weighted by Crippen LogP contribution is -2.29. The van der Waals surface area contributed by atoms with Crippen LogP contribution in [-0.4, -0.2) is 27.9 Å². The predicted molar refractivity (Wildman–Crippen MR) is 86.9 cm³/mol. The maximum absolute atomic E-state index is 5.47. The van der Waals surface area contributed by atoms with Crippen molar-refractivity contribution in [3.63, 3.8) is 0 Å². The molecule has 0 unspecified atom stereocenters. The van der Waals surface area contributed by atoms with Gasteiger partial charge in [-0.3, -0.25) is 4.57 Å². The summed E-state index contributed by atoms with van der Waals surface area (Å²) < 4.78 is 3.08. The van der Waals surface area contributed by atoms with Gasteiger partial charge in [0.1, 0.15) is 0 Å². The first-order valence-electron chi connectivity index (χ1n) is 8.19. The topological polar surface area (TPSA) is 36.9 Å². The van der Waals surface area contributed by atoms with Gasteiger partial charge < -0.3 is 4.90 Å². The molecule has 0 saturated heterocycles. The van der Waals surface area contributed by atoms with Gasteiger partial charge in [0.2, 0.25) is 5.95 Å². The van der Waals surface area contributed by atoms with Crippen LogP contribution in [0.1, 0.15) is 71.3 Å². The molecule has 2 rings (SSSR count). The molecular formula is C15H28N4S. The van der Waals surface area contributed by atoms with Crippen molar-refractivity contribution in [1.82, 2.24) is 14.8 Å². The Hall–Kier alpha value is -0.840. The maximum atomic E-state index is 5.47. The molecule has 0 aliphatic heterocycles. The Morgan fingerprint density at radius 3 is 2.35 bits per heavy atom. The highest BCUT2D eigenvalue weighted by Crippen LogP contribution is 2.32. The Bertz CT molecular complexity index is 437. The lowest BCUT2D eigenvalue weighted by atomic mass is 10.2. The average molecular weight is 296 g/mol. The normalized spacial score (nSPS) is 15.9. The van der Waals surface area contributed by atoms with E-state index < -0.39 is 0 Å². The summed E-state index contributed by atoms with van der Waals surface area (Å²) in [5, 5.41) is 7.56. The Labute approximate surface area is 127 Å². The summed E-state index contributed by atoms with van der Waals surface area (Å²) >= 11 is 5.47. The van der Waals surface area contributed by atoms with E-state index in [9.17, 15) is 0 Å². The number of aromatic nitrogens is 3. The number of rotatable bonds is 8. The van der Waals surface area contributed by atoms with Crippen molar-refractivity contribution < 1.29 is 0 Å². The van der Waals surface area contributed by atoms with Gasteiger partial charge in [0, 0.05) is 19.1 Å². The predicted octanol–water partition coefficient (Wildman–Crippen LogP) is 4.46. The van der Waals surface area contributed by atoms with Crippen LogP contribution in [0.4, 0.5) is 5.95 Å². The fraction of sp³-hybridized carbons (Fsp3) is 0.867. The second-order valence-electron chi connectivity index (χ2n) is 5.83. The summed E-state index contributed by atoms with van der Waals surface area (Å²) in [6, 6.07) is 0.557. The van der Waals surface area contributed by atoms with Gasteiger partial charge in [-0.25, -0.2) is 5.10 Å². The summed E-state index contributed by atoms with van der Waals surface area (Å²) in [5.74, 6) is 1.07. The van der Waals surface area contributed by atoms with Crippen LogP contribution in [0.2, 0.25) is 0 Å². The first kappa shape index (κ1) is 15.5. The molecule has 20 heavy (non-hydrogen) atoms. The third-order valence-corrected chi connectivity index (χ3v) is 4.51. The third-order valence-electron chi connectivity index (χ3n) is 4.22. The number of hydrogen-bond acceptors (Lipinski definition) is 3. The first-order valence-corrected chi connectivity index (χ1v) is 8.60. The zero-order chi connectivity index (χ0) is 14.4. The molecule has 1 aliphatic carbocycles. The fourth-order valence-electron chi connectivity index (χ4n) is 3.02. The number of nitrogens with zero attached hydrogens (tertiary/aromatic N) is 3. The van der Waals surface area contributed by atoms with Crippen LogP contribution in [0.25, 0.3) is 0 Å². The van der Waals surface area contributed by atoms with Gasteiger partial charge in [-0.15, -0.1) is 5.10 Å². The zero-order valence-corrected chi connectivity index (χ0v) is 13.7. The standard InChI is InChI=1S/C15H28N4S/c1-3-5-11-18(12-6-4-2)14-16-17-15(20)19(14)13-9-7-8-10-13/h13H,3-12H2,1-2H3,(H,17,20). The number of nitrogens with one attached hydrogen (secondary N) is 1. The van der Waals surface area contributed by atoms with E-state index in [1.807, 2.05) is 0 Å². The van der Waals surface area contributed by atoms with Crippen LogP contribution in [0.15, 0.2) is 0 Å². The molecule has 1 saturated carbocycles. The van der Waals surface area contributed by atoms with Crippen molar-refractivity contribution in [3.05, 3.63) is 4.77 Å². The largest absolute Gasteiger partial charge is 0.341 e. The van der Waals surface area contributed by atoms with Gasteiger partial charge in [0.25, 0.3) is 0 Å². The van der Waals surface area contributed by atoms with Crippen molar-refractivity contribution in [2.24, 2.45) is 0 Å². The second-order valence-corrected chi connectivity index (χ2v) is 6.22. The summed E-state index contributed by atoms with van der Waals surface area (Å²) in [4.78, 5) is 2.43. The highest BCUT2D eigenvalue weighted by atomic mass is 32.1. The quantitative estimate of drug-likeness (QED) is 0.719. The minimum atomic E-state index is 0.557. The summed E-state index contributed by atoms with van der Waals surface area (Å²) in [6.45, 7) is 6.66. The Kier molecular flexibility index (Phi) is 6.07. The third kappa shape index (κ3) is 3.62. The van der Waals surface area contributed by atoms with Crippen LogP contribution in [-0.2, 0) is 0 Å². The maximum Gasteiger partial charge on any atom is 0.225 e. The Balaban J connectivity index is 2.20. The number of unbranched alkanes of at least 4 members (excludes halogenated alkanes) is 2. The molecule has 5 heteroatoms. The van der Waals surface area contributed by atoms with Crippen molar-refractivity contribution in [3.8, 4) is 0 Å². The Morgan fingerprint density at radius 2 is 1.80 bits per heavy atom. The summed E-state index contributed by atoms with van der Waals surface area (Å²) in [6.07, 6.45) is 10.0. The van der Waals surface area contributed by atoms with E-state index in [-0.39, 0.29) is 0 Å². The van der Waals surface area contributed by atoms with Crippen molar-refractivity contribution >= 4 is 18.2 Å². The number of aromatic amines is 1. The minimum absolute atomic E-state index is 0.557. The van der Waals surface area contributed by atoms with E-state index >= 15 is 0 Å². The highest BCUT2D eigenvalue weighted by Gasteiger charge is 2.23. The molecule has 1 aromatic rings. The van der Waals surface area contributed by atoms with Gasteiger partial charge in [-0.2, -0.15) is 0 Å². The van der Waals surface area contributed by atoms with Gasteiger partial charge >= 0.3 is 0 Å². The smallest absolute Gasteiger partial charge is 0.225 e. The fourth-order valence-corrected chi connectivity index (χ4v) is 3.30. The Morgan fingerprint density at radius 1 is 1.20 bits per heavy atom. The summed E-state index contributed by atoms with van der Waals surface area (Å²) in [5.41, 5.74) is 0. The number of H-pyrrole nitrogens is 1. The number of hydrogen-bond donors (Lipinski definition) is 1. The van der Waals surface area contributed by atoms with E-state index in [2.05, 4.69) is 33.5 Å². The molecule has 4 nitrogen and oxygen atoms in total. The van der Waals surface area contributed by atoms with Crippen LogP contribution < -0.4 is 4.90 Å². The molecule has 1 N–H and O–H groups in total. The lowest BCUT2D eigenvalue weighted by Gasteiger charge is -2.25. The molecule has 0 aromatic carbocycles. The molecule has 1 aromatic heterocycles. The van der Waals surface area contributed by atoms with E-state index in [4.69, 9.17) is 12.2 Å². The molecule has 0 radical (unpaired) electrons. The van der Waals surface area contributed by atoms with Crippen LogP contribution in [0.5, 0.6) is 0 Å². The average Bonchev–Trinajstić information content (AvgIpc) is 3.08. The number of anilines is 1. The molecular weight excluding hydrogens is 268 g/mol. The van der Waals surface area contributed by atoms with Gasteiger partial charge in [0.05, 0.1) is 0 Å². The van der Waals surface area contributed by atoms with Gasteiger partial charge in [-0.1, -0.05) is 39.5 Å². The monoisotopic (exact) mass is 296 g/mol. The lowest BCUT2D eigenvalue weighted by molar-refractivity contribution is 0.502. The molecule has 0 spiro atoms. The molecule has 0 bridgehead atoms. The second kappa shape index (κ2) is 7.81. The van der Waals surface area contributed by atoms with Gasteiger partial charge in [0.15, 0.2) is 4.77 Å². The first-order chi connectivity index (χ1) is 9.77. The molecule has 0 atom stereocenters. The molecule has 1 heterocycles. The van der Waals surface area contributed by atoms with E-state index in [0.717, 1.165) is 23.8 Å². The highest BCUT2D eigenvalue weighted by molar-refractivity contribution is 7.71.